The van der Waals surface area contributed by atoms with Gasteiger partial charge in [-0.15, -0.1) is 0 Å². The standard InChI is InChI=1S/C8H14F3N3O/c9-8(10,11)6-2-1-3-14(4-6)5-7(15)13-12/h6H,1-5,12H2,(H,13,15). The number of piperidine rings is 1. The number of likely N-dealkylation sites (tertiary alicyclic amines) is 1. The molecule has 15 heavy (non-hydrogen) atoms. The molecule has 1 rings (SSSR count). The third-order valence-corrected chi connectivity index (χ3v) is 2.50. The van der Waals surface area contributed by atoms with Gasteiger partial charge in [0.05, 0.1) is 12.5 Å². The lowest BCUT2D eigenvalue weighted by Crippen LogP contribution is -2.47. The maximum atomic E-state index is 12.4. The molecule has 1 aliphatic heterocycles. The highest BCUT2D eigenvalue weighted by atomic mass is 19.4. The Morgan fingerprint density at radius 2 is 2.20 bits per heavy atom. The zero-order valence-corrected chi connectivity index (χ0v) is 8.18. The van der Waals surface area contributed by atoms with Crippen molar-refractivity contribution in [2.24, 2.45) is 11.8 Å². The van der Waals surface area contributed by atoms with E-state index in [9.17, 15) is 18.0 Å². The van der Waals surface area contributed by atoms with E-state index in [-0.39, 0.29) is 19.5 Å². The number of hydrogen-bond donors (Lipinski definition) is 2. The van der Waals surface area contributed by atoms with Crippen molar-refractivity contribution in [2.75, 3.05) is 19.6 Å². The first-order valence-electron chi connectivity index (χ1n) is 4.72. The Kier molecular flexibility index (Phi) is 3.92. The lowest BCUT2D eigenvalue weighted by Gasteiger charge is -2.32. The number of nitrogens with zero attached hydrogens (tertiary/aromatic N) is 1. The number of halogens is 3. The molecule has 1 amide bonds. The number of hydrogen-bond acceptors (Lipinski definition) is 3. The zero-order valence-electron chi connectivity index (χ0n) is 8.18. The summed E-state index contributed by atoms with van der Waals surface area (Å²) in [4.78, 5) is 12.4. The third kappa shape index (κ3) is 3.67. The zero-order chi connectivity index (χ0) is 11.5. The quantitative estimate of drug-likeness (QED) is 0.402. The fourth-order valence-electron chi connectivity index (χ4n) is 1.72. The van der Waals surface area contributed by atoms with Gasteiger partial charge in [-0.3, -0.25) is 15.1 Å². The topological polar surface area (TPSA) is 58.4 Å². The minimum Gasteiger partial charge on any atom is -0.294 e. The first kappa shape index (κ1) is 12.3. The van der Waals surface area contributed by atoms with Crippen LogP contribution in [0.5, 0.6) is 0 Å². The normalized spacial score (nSPS) is 23.9. The van der Waals surface area contributed by atoms with E-state index in [0.29, 0.717) is 13.0 Å². The molecule has 88 valence electrons. The van der Waals surface area contributed by atoms with Crippen molar-refractivity contribution in [1.82, 2.24) is 10.3 Å². The molecule has 1 unspecified atom stereocenters. The number of rotatable bonds is 2. The third-order valence-electron chi connectivity index (χ3n) is 2.50. The first-order valence-corrected chi connectivity index (χ1v) is 4.72. The van der Waals surface area contributed by atoms with Crippen molar-refractivity contribution < 1.29 is 18.0 Å². The maximum absolute atomic E-state index is 12.4. The summed E-state index contributed by atoms with van der Waals surface area (Å²) >= 11 is 0. The highest BCUT2D eigenvalue weighted by Crippen LogP contribution is 2.32. The molecule has 1 aliphatic rings. The molecule has 0 aliphatic carbocycles. The van der Waals surface area contributed by atoms with Crippen molar-refractivity contribution >= 4 is 5.91 Å². The van der Waals surface area contributed by atoms with Gasteiger partial charge in [0, 0.05) is 6.54 Å². The van der Waals surface area contributed by atoms with E-state index in [2.05, 4.69) is 0 Å². The van der Waals surface area contributed by atoms with Gasteiger partial charge in [-0.1, -0.05) is 0 Å². The average molecular weight is 225 g/mol. The van der Waals surface area contributed by atoms with Gasteiger partial charge < -0.3 is 0 Å². The smallest absolute Gasteiger partial charge is 0.294 e. The second-order valence-electron chi connectivity index (χ2n) is 3.68. The molecule has 0 spiro atoms. The Hall–Kier alpha value is -0.820. The minimum absolute atomic E-state index is 0.0664. The molecule has 0 radical (unpaired) electrons. The highest BCUT2D eigenvalue weighted by Gasteiger charge is 2.41. The van der Waals surface area contributed by atoms with Crippen LogP contribution >= 0.6 is 0 Å². The monoisotopic (exact) mass is 225 g/mol. The summed E-state index contributed by atoms with van der Waals surface area (Å²) in [5.41, 5.74) is 1.90. The van der Waals surface area contributed by atoms with Gasteiger partial charge in [-0.05, 0) is 19.4 Å². The van der Waals surface area contributed by atoms with Gasteiger partial charge in [0.15, 0.2) is 0 Å². The molecule has 1 atom stereocenters. The predicted molar refractivity (Wildman–Crippen MR) is 47.5 cm³/mol. The van der Waals surface area contributed by atoms with Crippen LogP contribution in [0.15, 0.2) is 0 Å². The van der Waals surface area contributed by atoms with Crippen LogP contribution in [0.2, 0.25) is 0 Å². The molecule has 1 saturated heterocycles. The second kappa shape index (κ2) is 4.80. The number of alkyl halides is 3. The Morgan fingerprint density at radius 3 is 2.73 bits per heavy atom. The van der Waals surface area contributed by atoms with Crippen molar-refractivity contribution in [3.63, 3.8) is 0 Å². The number of amides is 1. The molecular formula is C8H14F3N3O. The van der Waals surface area contributed by atoms with E-state index < -0.39 is 18.0 Å². The summed E-state index contributed by atoms with van der Waals surface area (Å²) in [6, 6.07) is 0. The molecule has 7 heteroatoms. The second-order valence-corrected chi connectivity index (χ2v) is 3.68. The SMILES string of the molecule is NNC(=O)CN1CCCC(C(F)(F)F)C1. The molecular weight excluding hydrogens is 211 g/mol. The lowest BCUT2D eigenvalue weighted by molar-refractivity contribution is -0.187. The Labute approximate surface area is 85.6 Å². The molecule has 3 N–H and O–H groups in total. The number of nitrogens with one attached hydrogen (secondary N) is 1. The van der Waals surface area contributed by atoms with Crippen LogP contribution in [0, 0.1) is 5.92 Å². The van der Waals surface area contributed by atoms with Gasteiger partial charge in [0.1, 0.15) is 0 Å². The van der Waals surface area contributed by atoms with Gasteiger partial charge in [0.25, 0.3) is 0 Å². The molecule has 1 heterocycles. The van der Waals surface area contributed by atoms with E-state index in [1.54, 1.807) is 0 Å². The van der Waals surface area contributed by atoms with Crippen molar-refractivity contribution in [3.8, 4) is 0 Å². The van der Waals surface area contributed by atoms with E-state index in [0.717, 1.165) is 0 Å². The van der Waals surface area contributed by atoms with E-state index >= 15 is 0 Å². The van der Waals surface area contributed by atoms with Crippen LogP contribution in [0.25, 0.3) is 0 Å². The van der Waals surface area contributed by atoms with Gasteiger partial charge in [0.2, 0.25) is 5.91 Å². The summed E-state index contributed by atoms with van der Waals surface area (Å²) < 4.78 is 37.1. The highest BCUT2D eigenvalue weighted by molar-refractivity contribution is 5.77. The summed E-state index contributed by atoms with van der Waals surface area (Å²) in [5, 5.41) is 0. The van der Waals surface area contributed by atoms with E-state index in [1.165, 1.54) is 4.90 Å². The van der Waals surface area contributed by atoms with Crippen molar-refractivity contribution in [3.05, 3.63) is 0 Å². The summed E-state index contributed by atoms with van der Waals surface area (Å²) in [6.07, 6.45) is -3.57. The van der Waals surface area contributed by atoms with Crippen LogP contribution in [0.3, 0.4) is 0 Å². The average Bonchev–Trinajstić information content (AvgIpc) is 2.17. The number of carbonyl (C=O) groups is 1. The first-order chi connectivity index (χ1) is 6.93. The van der Waals surface area contributed by atoms with Gasteiger partial charge in [-0.2, -0.15) is 13.2 Å². The lowest BCUT2D eigenvalue weighted by atomic mass is 9.97. The predicted octanol–water partition coefficient (Wildman–Crippen LogP) is 0.251. The fourth-order valence-corrected chi connectivity index (χ4v) is 1.72. The van der Waals surface area contributed by atoms with Crippen molar-refractivity contribution in [2.45, 2.75) is 19.0 Å². The summed E-state index contributed by atoms with van der Waals surface area (Å²) in [6.45, 7) is 0.333. The van der Waals surface area contributed by atoms with Crippen LogP contribution < -0.4 is 11.3 Å². The Bertz CT molecular complexity index is 232. The molecule has 0 aromatic heterocycles. The molecule has 0 bridgehead atoms. The number of carbonyl (C=O) groups excluding carboxylic acids is 1. The van der Waals surface area contributed by atoms with Gasteiger partial charge >= 0.3 is 6.18 Å². The van der Waals surface area contributed by atoms with E-state index in [1.807, 2.05) is 5.43 Å². The maximum Gasteiger partial charge on any atom is 0.393 e. The summed E-state index contributed by atoms with van der Waals surface area (Å²) in [7, 11) is 0. The van der Waals surface area contributed by atoms with Crippen LogP contribution in [0.4, 0.5) is 13.2 Å². The van der Waals surface area contributed by atoms with Gasteiger partial charge in [-0.25, -0.2) is 5.84 Å². The Morgan fingerprint density at radius 1 is 1.53 bits per heavy atom. The van der Waals surface area contributed by atoms with Crippen LogP contribution in [-0.2, 0) is 4.79 Å². The largest absolute Gasteiger partial charge is 0.393 e. The fraction of sp³-hybridized carbons (Fsp3) is 0.875. The van der Waals surface area contributed by atoms with Crippen LogP contribution in [-0.4, -0.2) is 36.6 Å². The minimum atomic E-state index is -4.17. The Balaban J connectivity index is 2.46. The van der Waals surface area contributed by atoms with E-state index in [4.69, 9.17) is 5.84 Å². The molecule has 0 saturated carbocycles. The summed E-state index contributed by atoms with van der Waals surface area (Å²) in [5.74, 6) is 3.08. The molecule has 0 aromatic carbocycles. The number of hydrazine groups is 1. The molecule has 1 fully saturated rings. The molecule has 4 nitrogen and oxygen atoms in total. The van der Waals surface area contributed by atoms with Crippen LogP contribution in [0.1, 0.15) is 12.8 Å². The molecule has 0 aromatic rings. The van der Waals surface area contributed by atoms with Crippen molar-refractivity contribution in [1.29, 1.82) is 0 Å². The number of nitrogens with two attached hydrogens (primary N) is 1.